The number of allylic oxidation sites excluding steroid dienone is 4. The fraction of sp³-hybridized carbons (Fsp3) is 0.190. The van der Waals surface area contributed by atoms with Crippen LogP contribution >= 0.6 is 0 Å². The predicted molar refractivity (Wildman–Crippen MR) is 90.5 cm³/mol. The topological polar surface area (TPSA) is 17.1 Å². The van der Waals surface area contributed by atoms with E-state index in [9.17, 15) is 4.79 Å². The molecule has 1 nitrogen and oxygen atoms in total. The molecule has 0 heterocycles. The van der Waals surface area contributed by atoms with Crippen molar-refractivity contribution in [3.05, 3.63) is 91.1 Å². The van der Waals surface area contributed by atoms with Gasteiger partial charge in [0.1, 0.15) is 0 Å². The van der Waals surface area contributed by atoms with E-state index in [4.69, 9.17) is 0 Å². The summed E-state index contributed by atoms with van der Waals surface area (Å²) >= 11 is -0.286. The molecule has 2 aromatic carbocycles. The van der Waals surface area contributed by atoms with Crippen molar-refractivity contribution < 1.29 is 26.0 Å². The minimum absolute atomic E-state index is 0.215. The van der Waals surface area contributed by atoms with Gasteiger partial charge < -0.3 is 0 Å². The highest BCUT2D eigenvalue weighted by Gasteiger charge is 2.33. The summed E-state index contributed by atoms with van der Waals surface area (Å²) in [6.45, 7) is 2.16. The first-order valence-electron chi connectivity index (χ1n) is 7.99. The van der Waals surface area contributed by atoms with E-state index in [1.807, 2.05) is 36.4 Å². The van der Waals surface area contributed by atoms with Gasteiger partial charge in [-0.15, -0.1) is 0 Å². The maximum absolute atomic E-state index is 13.1. The molecule has 0 N–H and O–H groups in total. The van der Waals surface area contributed by atoms with E-state index in [1.165, 1.54) is 7.15 Å². The van der Waals surface area contributed by atoms with Crippen molar-refractivity contribution in [2.75, 3.05) is 0 Å². The highest BCUT2D eigenvalue weighted by molar-refractivity contribution is 6.09. The molecule has 0 bridgehead atoms. The number of benzene rings is 2. The van der Waals surface area contributed by atoms with Crippen LogP contribution in [-0.2, 0) is 0 Å². The van der Waals surface area contributed by atoms with Gasteiger partial charge in [-0.1, -0.05) is 67.6 Å². The van der Waals surface area contributed by atoms with Crippen LogP contribution in [0.2, 0.25) is 0 Å². The van der Waals surface area contributed by atoms with Gasteiger partial charge in [-0.25, -0.2) is 0 Å². The zero-order chi connectivity index (χ0) is 16.1. The van der Waals surface area contributed by atoms with Gasteiger partial charge in [0.05, 0.1) is 5.57 Å². The third kappa shape index (κ3) is 3.81. The summed E-state index contributed by atoms with van der Waals surface area (Å²) in [7, 11) is 0. The van der Waals surface area contributed by atoms with E-state index < -0.39 is 0 Å². The third-order valence-corrected chi connectivity index (χ3v) is 7.02. The largest absolute Gasteiger partial charge is 0.353 e. The summed E-state index contributed by atoms with van der Waals surface area (Å²) in [5.74, 6) is 0.474. The van der Waals surface area contributed by atoms with E-state index in [-0.39, 0.29) is 32.9 Å². The lowest BCUT2D eigenvalue weighted by molar-refractivity contribution is -0.579. The van der Waals surface area contributed by atoms with E-state index in [0.29, 0.717) is 0 Å². The van der Waals surface area contributed by atoms with Crippen molar-refractivity contribution in [2.24, 2.45) is 5.92 Å². The summed E-state index contributed by atoms with van der Waals surface area (Å²) in [4.78, 5) is 13.1. The molecule has 1 aliphatic carbocycles. The predicted octanol–water partition coefficient (Wildman–Crippen LogP) is 2.07. The summed E-state index contributed by atoms with van der Waals surface area (Å²) < 4.78 is 2.75. The number of hydrogen-bond donors (Lipinski definition) is 0. The smallest absolute Gasteiger partial charge is 0.289 e. The number of carbonyl (C=O) groups is 1. The second-order valence-corrected chi connectivity index (χ2v) is 8.64. The van der Waals surface area contributed by atoms with Crippen LogP contribution in [0.25, 0.3) is 0 Å². The molecule has 0 saturated heterocycles. The molecule has 1 unspecified atom stereocenters. The zero-order valence-corrected chi connectivity index (χ0v) is 15.4. The maximum Gasteiger partial charge on any atom is 0.353 e. The normalized spacial score (nSPS) is 17.3. The molecule has 1 atom stereocenters. The Hall–Kier alpha value is -1.68. The van der Waals surface area contributed by atoms with Crippen LogP contribution in [0.5, 0.6) is 0 Å². The number of rotatable bonds is 5. The van der Waals surface area contributed by atoms with Gasteiger partial charge in [0.15, 0.2) is 12.9 Å². The molecule has 0 fully saturated rings. The maximum atomic E-state index is 13.1. The fourth-order valence-corrected chi connectivity index (χ4v) is 5.76. The zero-order valence-electron chi connectivity index (χ0n) is 13.2. The summed E-state index contributed by atoms with van der Waals surface area (Å²) in [6.07, 6.45) is 6.36. The Bertz CT molecular complexity index is 729. The summed E-state index contributed by atoms with van der Waals surface area (Å²) in [6, 6.07) is 20.3. The Morgan fingerprint density at radius 2 is 1.70 bits per heavy atom. The highest BCUT2D eigenvalue weighted by Crippen LogP contribution is 2.27. The quantitative estimate of drug-likeness (QED) is 0.415. The summed E-state index contributed by atoms with van der Waals surface area (Å²) in [5.41, 5.74) is 1.86. The van der Waals surface area contributed by atoms with Crippen molar-refractivity contribution in [3.63, 3.8) is 0 Å². The van der Waals surface area contributed by atoms with Crippen molar-refractivity contribution in [1.82, 2.24) is 0 Å². The van der Waals surface area contributed by atoms with Gasteiger partial charge >= 0.3 is 21.2 Å². The molecule has 3 rings (SSSR count). The molecule has 2 aromatic rings. The van der Waals surface area contributed by atoms with Gasteiger partial charge in [0.2, 0.25) is 0 Å². The van der Waals surface area contributed by atoms with Crippen molar-refractivity contribution in [3.8, 4) is 0 Å². The number of hydrogen-bond acceptors (Lipinski definition) is 1. The monoisotopic (exact) mass is 415 g/mol. The van der Waals surface area contributed by atoms with Crippen LogP contribution in [0.1, 0.15) is 30.1 Å². The van der Waals surface area contributed by atoms with E-state index in [1.54, 1.807) is 0 Å². The molecular formula is C21H20IO+. The van der Waals surface area contributed by atoms with Gasteiger partial charge in [-0.3, -0.25) is 4.79 Å². The average molecular weight is 415 g/mol. The molecular weight excluding hydrogens is 395 g/mol. The SMILES string of the molecule is CCC1C=CCC([I+]c2ccccc2)=C1C(=O)c1ccccc1. The first-order chi connectivity index (χ1) is 11.3. The Balaban J connectivity index is 1.99. The first kappa shape index (κ1) is 16.2. The average Bonchev–Trinajstić information content (AvgIpc) is 2.62. The number of Topliss-reactive ketones (excluding diaryl/α,β-unsaturated/α-hetero) is 1. The van der Waals surface area contributed by atoms with Crippen LogP contribution in [0, 0.1) is 9.49 Å². The van der Waals surface area contributed by atoms with E-state index in [0.717, 1.165) is 24.0 Å². The van der Waals surface area contributed by atoms with E-state index in [2.05, 4.69) is 43.3 Å². The molecule has 0 spiro atoms. The minimum Gasteiger partial charge on any atom is -0.289 e. The second kappa shape index (κ2) is 7.73. The molecule has 0 amide bonds. The van der Waals surface area contributed by atoms with Crippen LogP contribution in [-0.4, -0.2) is 5.78 Å². The van der Waals surface area contributed by atoms with E-state index >= 15 is 0 Å². The number of carbonyl (C=O) groups excluding carboxylic acids is 1. The number of ketones is 1. The molecule has 0 aliphatic heterocycles. The molecule has 23 heavy (non-hydrogen) atoms. The fourth-order valence-electron chi connectivity index (χ4n) is 2.82. The van der Waals surface area contributed by atoms with Crippen LogP contribution < -0.4 is 21.2 Å². The van der Waals surface area contributed by atoms with Crippen LogP contribution in [0.15, 0.2) is 82.0 Å². The first-order valence-corrected chi connectivity index (χ1v) is 10.1. The lowest BCUT2D eigenvalue weighted by Gasteiger charge is -2.18. The molecule has 0 radical (unpaired) electrons. The Morgan fingerprint density at radius 1 is 1.04 bits per heavy atom. The van der Waals surface area contributed by atoms with Gasteiger partial charge in [-0.2, -0.15) is 0 Å². The summed E-state index contributed by atoms with van der Waals surface area (Å²) in [5, 5.41) is 0. The Kier molecular flexibility index (Phi) is 5.44. The molecule has 116 valence electrons. The molecule has 2 heteroatoms. The Morgan fingerprint density at radius 3 is 2.35 bits per heavy atom. The van der Waals surface area contributed by atoms with Crippen molar-refractivity contribution in [2.45, 2.75) is 19.8 Å². The van der Waals surface area contributed by atoms with Gasteiger partial charge in [0, 0.05) is 17.9 Å². The van der Waals surface area contributed by atoms with Crippen molar-refractivity contribution in [1.29, 1.82) is 0 Å². The Labute approximate surface area is 148 Å². The van der Waals surface area contributed by atoms with Crippen LogP contribution in [0.4, 0.5) is 0 Å². The standard InChI is InChI=1S/C21H20IO/c1-2-16-12-9-15-19(22-18-13-7-4-8-14-18)20(16)21(23)17-10-5-3-6-11-17/h3-14,16H,2,15H2,1H3/q+1. The lowest BCUT2D eigenvalue weighted by Crippen LogP contribution is -3.61. The van der Waals surface area contributed by atoms with Crippen LogP contribution in [0.3, 0.4) is 0 Å². The lowest BCUT2D eigenvalue weighted by atomic mass is 9.86. The second-order valence-electron chi connectivity index (χ2n) is 5.55. The number of halogens is 1. The molecule has 0 saturated carbocycles. The highest BCUT2D eigenvalue weighted by atomic mass is 127. The molecule has 1 aliphatic rings. The third-order valence-electron chi connectivity index (χ3n) is 4.01. The minimum atomic E-state index is -0.286. The van der Waals surface area contributed by atoms with Gasteiger partial charge in [0.25, 0.3) is 0 Å². The molecule has 0 aromatic heterocycles. The van der Waals surface area contributed by atoms with Gasteiger partial charge in [-0.05, 0) is 18.6 Å². The van der Waals surface area contributed by atoms with Crippen molar-refractivity contribution >= 4 is 5.78 Å².